The van der Waals surface area contributed by atoms with Gasteiger partial charge in [0.25, 0.3) is 11.8 Å². The highest BCUT2D eigenvalue weighted by atomic mass is 19.1. The van der Waals surface area contributed by atoms with Gasteiger partial charge < -0.3 is 14.7 Å². The molecule has 116 valence electrons. The molecule has 2 heterocycles. The van der Waals surface area contributed by atoms with Gasteiger partial charge in [0.2, 0.25) is 0 Å². The molecule has 1 aliphatic rings. The van der Waals surface area contributed by atoms with Crippen molar-refractivity contribution in [3.8, 4) is 5.75 Å². The molecule has 7 nitrogen and oxygen atoms in total. The molecule has 9 heteroatoms. The van der Waals surface area contributed by atoms with Crippen molar-refractivity contribution in [2.75, 3.05) is 0 Å². The molecule has 0 radical (unpaired) electrons. The summed E-state index contributed by atoms with van der Waals surface area (Å²) < 4.78 is 17.9. The fourth-order valence-electron chi connectivity index (χ4n) is 2.30. The van der Waals surface area contributed by atoms with Crippen molar-refractivity contribution in [1.82, 2.24) is 9.88 Å². The summed E-state index contributed by atoms with van der Waals surface area (Å²) in [6.07, 6.45) is 0.811. The van der Waals surface area contributed by atoms with Gasteiger partial charge in [0.1, 0.15) is 5.75 Å². The van der Waals surface area contributed by atoms with Gasteiger partial charge in [-0.3, -0.25) is 19.5 Å². The summed E-state index contributed by atoms with van der Waals surface area (Å²) in [4.78, 5) is 29.2. The maximum Gasteiger partial charge on any atom is 0.707 e. The van der Waals surface area contributed by atoms with Crippen LogP contribution in [-0.2, 0) is 6.54 Å². The summed E-state index contributed by atoms with van der Waals surface area (Å²) in [5.74, 6) is -2.28. The third-order valence-electron chi connectivity index (χ3n) is 3.31. The van der Waals surface area contributed by atoms with Crippen LogP contribution in [0.3, 0.4) is 0 Å². The van der Waals surface area contributed by atoms with Crippen molar-refractivity contribution < 1.29 is 28.7 Å². The molecular formula is C14H10BFN2O5. The van der Waals surface area contributed by atoms with E-state index < -0.39 is 30.7 Å². The Morgan fingerprint density at radius 3 is 2.35 bits per heavy atom. The van der Waals surface area contributed by atoms with E-state index in [-0.39, 0.29) is 12.2 Å². The number of carbonyl (C=O) groups is 2. The highest BCUT2D eigenvalue weighted by molar-refractivity contribution is 6.33. The van der Waals surface area contributed by atoms with Crippen LogP contribution in [0.1, 0.15) is 26.4 Å². The van der Waals surface area contributed by atoms with Gasteiger partial charge in [-0.1, -0.05) is 12.1 Å². The summed E-state index contributed by atoms with van der Waals surface area (Å²) in [6, 6.07) is 7.49. The Labute approximate surface area is 130 Å². The number of pyridine rings is 1. The molecule has 0 spiro atoms. The van der Waals surface area contributed by atoms with Gasteiger partial charge in [0.05, 0.1) is 29.6 Å². The van der Waals surface area contributed by atoms with Crippen LogP contribution in [-0.4, -0.2) is 39.1 Å². The van der Waals surface area contributed by atoms with Crippen LogP contribution in [0.2, 0.25) is 0 Å². The molecule has 2 aromatic rings. The molecule has 0 aliphatic carbocycles. The zero-order chi connectivity index (χ0) is 16.6. The SMILES string of the molecule is O=C1c2ccccc2C(=O)N1Cc1cc(OB(O)O)c(F)cn1. The second kappa shape index (κ2) is 5.78. The van der Waals surface area contributed by atoms with Crippen LogP contribution in [0.4, 0.5) is 4.39 Å². The van der Waals surface area contributed by atoms with E-state index in [0.29, 0.717) is 11.1 Å². The Balaban J connectivity index is 1.86. The highest BCUT2D eigenvalue weighted by Crippen LogP contribution is 2.25. The largest absolute Gasteiger partial charge is 0.707 e. The average Bonchev–Trinajstić information content (AvgIpc) is 2.76. The molecule has 0 saturated carbocycles. The minimum atomic E-state index is -2.20. The lowest BCUT2D eigenvalue weighted by Crippen LogP contribution is -2.29. The fourth-order valence-corrected chi connectivity index (χ4v) is 2.30. The van der Waals surface area contributed by atoms with Crippen molar-refractivity contribution in [1.29, 1.82) is 0 Å². The third kappa shape index (κ3) is 2.79. The van der Waals surface area contributed by atoms with Gasteiger partial charge in [-0.25, -0.2) is 4.39 Å². The zero-order valence-corrected chi connectivity index (χ0v) is 11.6. The number of imide groups is 1. The number of nitrogens with zero attached hydrogens (tertiary/aromatic N) is 2. The van der Waals surface area contributed by atoms with E-state index in [0.717, 1.165) is 17.2 Å². The molecule has 23 heavy (non-hydrogen) atoms. The summed E-state index contributed by atoms with van der Waals surface area (Å²) in [5.41, 5.74) is 0.750. The fraction of sp³-hybridized carbons (Fsp3) is 0.0714. The predicted octanol–water partition coefficient (Wildman–Crippen LogP) is 0.365. The van der Waals surface area contributed by atoms with Crippen molar-refractivity contribution in [2.24, 2.45) is 0 Å². The van der Waals surface area contributed by atoms with Gasteiger partial charge in [0, 0.05) is 6.07 Å². The average molecular weight is 316 g/mol. The second-order valence-electron chi connectivity index (χ2n) is 4.79. The first-order chi connectivity index (χ1) is 11.0. The maximum atomic E-state index is 13.5. The number of hydrogen-bond donors (Lipinski definition) is 2. The van der Waals surface area contributed by atoms with Gasteiger partial charge in [-0.15, -0.1) is 0 Å². The Kier molecular flexibility index (Phi) is 3.81. The minimum absolute atomic E-state index is 0.163. The molecule has 1 aliphatic heterocycles. The standard InChI is InChI=1S/C14H10BFN2O5/c16-11-6-17-8(5-12(11)23-15(21)22)7-18-13(19)9-3-1-2-4-10(9)14(18)20/h1-6,21-22H,7H2. The number of rotatable bonds is 4. The number of halogens is 1. The van der Waals surface area contributed by atoms with Crippen LogP contribution in [0, 0.1) is 5.82 Å². The lowest BCUT2D eigenvalue weighted by Gasteiger charge is -2.14. The first kappa shape index (κ1) is 15.1. The van der Waals surface area contributed by atoms with Crippen LogP contribution < -0.4 is 4.65 Å². The lowest BCUT2D eigenvalue weighted by atomic mass is 10.1. The van der Waals surface area contributed by atoms with E-state index >= 15 is 0 Å². The number of fused-ring (bicyclic) bond motifs is 1. The number of carbonyl (C=O) groups excluding carboxylic acids is 2. The van der Waals surface area contributed by atoms with E-state index in [1.807, 2.05) is 0 Å². The van der Waals surface area contributed by atoms with Crippen molar-refractivity contribution >= 4 is 19.1 Å². The Bertz CT molecular complexity index is 763. The van der Waals surface area contributed by atoms with Crippen molar-refractivity contribution in [3.63, 3.8) is 0 Å². The molecule has 1 aromatic carbocycles. The van der Waals surface area contributed by atoms with Crippen LogP contribution >= 0.6 is 0 Å². The van der Waals surface area contributed by atoms with Crippen LogP contribution in [0.5, 0.6) is 5.75 Å². The smallest absolute Gasteiger partial charge is 0.509 e. The van der Waals surface area contributed by atoms with Crippen LogP contribution in [0.25, 0.3) is 0 Å². The molecule has 0 fully saturated rings. The third-order valence-corrected chi connectivity index (χ3v) is 3.31. The molecule has 0 unspecified atom stereocenters. The molecule has 2 N–H and O–H groups in total. The van der Waals surface area contributed by atoms with Gasteiger partial charge in [-0.2, -0.15) is 0 Å². The monoisotopic (exact) mass is 316 g/mol. The number of benzene rings is 1. The molecule has 0 bridgehead atoms. The Hall–Kier alpha value is -2.78. The maximum absolute atomic E-state index is 13.5. The number of hydrogen-bond acceptors (Lipinski definition) is 6. The quantitative estimate of drug-likeness (QED) is 0.624. The molecule has 0 saturated heterocycles. The van der Waals surface area contributed by atoms with E-state index in [9.17, 15) is 14.0 Å². The van der Waals surface area contributed by atoms with Gasteiger partial charge in [0.15, 0.2) is 5.82 Å². The van der Waals surface area contributed by atoms with E-state index in [4.69, 9.17) is 10.0 Å². The van der Waals surface area contributed by atoms with Crippen LogP contribution in [0.15, 0.2) is 36.5 Å². The van der Waals surface area contributed by atoms with Crippen molar-refractivity contribution in [3.05, 3.63) is 59.2 Å². The lowest BCUT2D eigenvalue weighted by molar-refractivity contribution is 0.0640. The Morgan fingerprint density at radius 1 is 1.17 bits per heavy atom. The first-order valence-corrected chi connectivity index (χ1v) is 6.60. The number of aromatic nitrogens is 1. The summed E-state index contributed by atoms with van der Waals surface area (Å²) in [6.45, 7) is -0.190. The molecule has 2 amide bonds. The molecule has 0 atom stereocenters. The van der Waals surface area contributed by atoms with E-state index in [2.05, 4.69) is 9.64 Å². The van der Waals surface area contributed by atoms with Gasteiger partial charge >= 0.3 is 7.32 Å². The predicted molar refractivity (Wildman–Crippen MR) is 75.7 cm³/mol. The molecular weight excluding hydrogens is 306 g/mol. The minimum Gasteiger partial charge on any atom is -0.509 e. The van der Waals surface area contributed by atoms with E-state index in [1.165, 1.54) is 0 Å². The second-order valence-corrected chi connectivity index (χ2v) is 4.79. The van der Waals surface area contributed by atoms with Crippen molar-refractivity contribution in [2.45, 2.75) is 6.54 Å². The number of amides is 2. The highest BCUT2D eigenvalue weighted by Gasteiger charge is 2.35. The first-order valence-electron chi connectivity index (χ1n) is 6.60. The summed E-state index contributed by atoms with van der Waals surface area (Å²) in [7, 11) is -2.20. The van der Waals surface area contributed by atoms with Gasteiger partial charge in [-0.05, 0) is 12.1 Å². The molecule has 1 aromatic heterocycles. The Morgan fingerprint density at radius 2 is 1.78 bits per heavy atom. The molecule has 3 rings (SSSR count). The van der Waals surface area contributed by atoms with E-state index in [1.54, 1.807) is 24.3 Å². The normalized spacial score (nSPS) is 13.3. The topological polar surface area (TPSA) is 100.0 Å². The zero-order valence-electron chi connectivity index (χ0n) is 11.6. The summed E-state index contributed by atoms with van der Waals surface area (Å²) >= 11 is 0. The summed E-state index contributed by atoms with van der Waals surface area (Å²) in [5, 5.41) is 17.5.